The second-order valence-electron chi connectivity index (χ2n) is 3.68. The predicted molar refractivity (Wildman–Crippen MR) is 59.9 cm³/mol. The summed E-state index contributed by atoms with van der Waals surface area (Å²) >= 11 is 0. The summed E-state index contributed by atoms with van der Waals surface area (Å²) in [7, 11) is 1.91. The summed E-state index contributed by atoms with van der Waals surface area (Å²) in [6, 6.07) is 6.12. The number of nitrogens with one attached hydrogen (secondary N) is 1. The Morgan fingerprint density at radius 2 is 2.20 bits per heavy atom. The first kappa shape index (κ1) is 11.7. The van der Waals surface area contributed by atoms with Gasteiger partial charge in [0.2, 0.25) is 0 Å². The minimum atomic E-state index is -0.745. The summed E-state index contributed by atoms with van der Waals surface area (Å²) in [5, 5.41) is 11.7. The molecule has 0 fully saturated rings. The van der Waals surface area contributed by atoms with E-state index in [9.17, 15) is 4.79 Å². The fourth-order valence-corrected chi connectivity index (χ4v) is 1.51. The van der Waals surface area contributed by atoms with Gasteiger partial charge >= 0.3 is 5.97 Å². The third-order valence-corrected chi connectivity index (χ3v) is 2.41. The van der Waals surface area contributed by atoms with E-state index >= 15 is 0 Å². The Bertz CT molecular complexity index is 347. The van der Waals surface area contributed by atoms with Crippen molar-refractivity contribution in [1.82, 2.24) is 5.32 Å². The molecule has 2 N–H and O–H groups in total. The second kappa shape index (κ2) is 5.51. The Hall–Kier alpha value is -1.35. The zero-order chi connectivity index (χ0) is 11.3. The molecule has 0 saturated carbocycles. The fourth-order valence-electron chi connectivity index (χ4n) is 1.51. The van der Waals surface area contributed by atoms with Crippen molar-refractivity contribution in [3.8, 4) is 0 Å². The molecule has 82 valence electrons. The molecule has 15 heavy (non-hydrogen) atoms. The van der Waals surface area contributed by atoms with Crippen molar-refractivity contribution < 1.29 is 9.90 Å². The summed E-state index contributed by atoms with van der Waals surface area (Å²) in [4.78, 5) is 10.4. The van der Waals surface area contributed by atoms with Gasteiger partial charge < -0.3 is 10.4 Å². The van der Waals surface area contributed by atoms with E-state index in [1.54, 1.807) is 0 Å². The molecule has 0 unspecified atom stereocenters. The number of carboxylic acids is 1. The standard InChI is InChI=1S/C12H17NO2/c1-9-3-4-10(5-6-12(14)15)7-11(9)8-13-2/h3-4,7,13H,5-6,8H2,1-2H3,(H,14,15). The van der Waals surface area contributed by atoms with Crippen LogP contribution in [0.4, 0.5) is 0 Å². The highest BCUT2D eigenvalue weighted by atomic mass is 16.4. The van der Waals surface area contributed by atoms with Crippen LogP contribution in [0.5, 0.6) is 0 Å². The maximum absolute atomic E-state index is 10.4. The Labute approximate surface area is 90.1 Å². The Balaban J connectivity index is 2.73. The summed E-state index contributed by atoms with van der Waals surface area (Å²) in [6.07, 6.45) is 0.800. The largest absolute Gasteiger partial charge is 0.481 e. The lowest BCUT2D eigenvalue weighted by atomic mass is 10.0. The van der Waals surface area contributed by atoms with E-state index in [2.05, 4.69) is 18.3 Å². The number of hydrogen-bond acceptors (Lipinski definition) is 2. The molecule has 3 nitrogen and oxygen atoms in total. The zero-order valence-electron chi connectivity index (χ0n) is 9.21. The Kier molecular flexibility index (Phi) is 4.31. The van der Waals surface area contributed by atoms with Gasteiger partial charge in [-0.1, -0.05) is 18.2 Å². The molecule has 0 amide bonds. The van der Waals surface area contributed by atoms with E-state index < -0.39 is 5.97 Å². The molecule has 0 atom stereocenters. The van der Waals surface area contributed by atoms with Gasteiger partial charge in [0.1, 0.15) is 0 Å². The number of carboxylic acid groups (broad SMARTS) is 1. The van der Waals surface area contributed by atoms with Crippen LogP contribution in [0.15, 0.2) is 18.2 Å². The maximum atomic E-state index is 10.4. The monoisotopic (exact) mass is 207 g/mol. The molecule has 1 rings (SSSR count). The molecular formula is C12H17NO2. The van der Waals surface area contributed by atoms with Crippen LogP contribution in [0, 0.1) is 6.92 Å². The summed E-state index contributed by atoms with van der Waals surface area (Å²) in [5.41, 5.74) is 3.57. The van der Waals surface area contributed by atoms with Gasteiger partial charge in [-0.3, -0.25) is 4.79 Å². The van der Waals surface area contributed by atoms with Crippen LogP contribution in [0.1, 0.15) is 23.1 Å². The quantitative estimate of drug-likeness (QED) is 0.773. The molecular weight excluding hydrogens is 190 g/mol. The van der Waals surface area contributed by atoms with Crippen LogP contribution in [-0.2, 0) is 17.8 Å². The highest BCUT2D eigenvalue weighted by molar-refractivity contribution is 5.67. The van der Waals surface area contributed by atoms with Crippen LogP contribution < -0.4 is 5.32 Å². The van der Waals surface area contributed by atoms with Gasteiger partial charge in [0.05, 0.1) is 0 Å². The summed E-state index contributed by atoms with van der Waals surface area (Å²) < 4.78 is 0. The Morgan fingerprint density at radius 3 is 2.80 bits per heavy atom. The molecule has 0 bridgehead atoms. The molecule has 0 aromatic heterocycles. The highest BCUT2D eigenvalue weighted by Crippen LogP contribution is 2.12. The number of benzene rings is 1. The topological polar surface area (TPSA) is 49.3 Å². The number of aliphatic carboxylic acids is 1. The van der Waals surface area contributed by atoms with Crippen molar-refractivity contribution in [2.75, 3.05) is 7.05 Å². The van der Waals surface area contributed by atoms with Gasteiger partial charge in [0, 0.05) is 13.0 Å². The summed E-state index contributed by atoms with van der Waals surface area (Å²) in [6.45, 7) is 2.89. The number of carbonyl (C=O) groups is 1. The third-order valence-electron chi connectivity index (χ3n) is 2.41. The fraction of sp³-hybridized carbons (Fsp3) is 0.417. The highest BCUT2D eigenvalue weighted by Gasteiger charge is 2.02. The first-order valence-electron chi connectivity index (χ1n) is 5.08. The van der Waals surface area contributed by atoms with E-state index in [4.69, 9.17) is 5.11 Å². The number of hydrogen-bond donors (Lipinski definition) is 2. The minimum absolute atomic E-state index is 0.196. The van der Waals surface area contributed by atoms with Crippen LogP contribution >= 0.6 is 0 Å². The van der Waals surface area contributed by atoms with Crippen LogP contribution in [0.2, 0.25) is 0 Å². The van der Waals surface area contributed by atoms with Gasteiger partial charge in [-0.2, -0.15) is 0 Å². The van der Waals surface area contributed by atoms with E-state index in [0.29, 0.717) is 6.42 Å². The van der Waals surface area contributed by atoms with Crippen molar-refractivity contribution in [3.63, 3.8) is 0 Å². The van der Waals surface area contributed by atoms with Crippen molar-refractivity contribution >= 4 is 5.97 Å². The van der Waals surface area contributed by atoms with Gasteiger partial charge in [-0.15, -0.1) is 0 Å². The van der Waals surface area contributed by atoms with Crippen molar-refractivity contribution in [2.24, 2.45) is 0 Å². The minimum Gasteiger partial charge on any atom is -0.481 e. The predicted octanol–water partition coefficient (Wildman–Crippen LogP) is 1.73. The Morgan fingerprint density at radius 1 is 1.47 bits per heavy atom. The average molecular weight is 207 g/mol. The lowest BCUT2D eigenvalue weighted by molar-refractivity contribution is -0.136. The zero-order valence-corrected chi connectivity index (χ0v) is 9.21. The van der Waals surface area contributed by atoms with Crippen LogP contribution in [0.25, 0.3) is 0 Å². The molecule has 1 aromatic rings. The SMILES string of the molecule is CNCc1cc(CCC(=O)O)ccc1C. The second-order valence-corrected chi connectivity index (χ2v) is 3.68. The normalized spacial score (nSPS) is 10.3. The number of rotatable bonds is 5. The van der Waals surface area contributed by atoms with E-state index in [-0.39, 0.29) is 6.42 Å². The molecule has 0 saturated heterocycles. The van der Waals surface area contributed by atoms with Crippen molar-refractivity contribution in [3.05, 3.63) is 34.9 Å². The van der Waals surface area contributed by atoms with Gasteiger partial charge in [-0.05, 0) is 37.1 Å². The molecule has 3 heteroatoms. The molecule has 0 aliphatic heterocycles. The van der Waals surface area contributed by atoms with Crippen molar-refractivity contribution in [1.29, 1.82) is 0 Å². The van der Waals surface area contributed by atoms with E-state index in [0.717, 1.165) is 12.1 Å². The first-order valence-corrected chi connectivity index (χ1v) is 5.08. The molecule has 1 aromatic carbocycles. The number of aryl methyl sites for hydroxylation is 2. The lowest BCUT2D eigenvalue weighted by Gasteiger charge is -2.07. The molecule has 0 aliphatic rings. The lowest BCUT2D eigenvalue weighted by Crippen LogP contribution is -2.07. The third kappa shape index (κ3) is 3.72. The van der Waals surface area contributed by atoms with Crippen LogP contribution in [-0.4, -0.2) is 18.1 Å². The van der Waals surface area contributed by atoms with Gasteiger partial charge in [0.15, 0.2) is 0 Å². The molecule has 0 heterocycles. The average Bonchev–Trinajstić information content (AvgIpc) is 2.19. The van der Waals surface area contributed by atoms with Crippen molar-refractivity contribution in [2.45, 2.75) is 26.3 Å². The van der Waals surface area contributed by atoms with Crippen LogP contribution in [0.3, 0.4) is 0 Å². The van der Waals surface area contributed by atoms with Gasteiger partial charge in [-0.25, -0.2) is 0 Å². The van der Waals surface area contributed by atoms with E-state index in [1.807, 2.05) is 19.2 Å². The first-order chi connectivity index (χ1) is 7.13. The van der Waals surface area contributed by atoms with E-state index in [1.165, 1.54) is 11.1 Å². The molecule has 0 aliphatic carbocycles. The van der Waals surface area contributed by atoms with Gasteiger partial charge in [0.25, 0.3) is 0 Å². The molecule has 0 spiro atoms. The molecule has 0 radical (unpaired) electrons. The summed E-state index contributed by atoms with van der Waals surface area (Å²) in [5.74, 6) is -0.745. The smallest absolute Gasteiger partial charge is 0.303 e. The maximum Gasteiger partial charge on any atom is 0.303 e.